The Bertz CT molecular complexity index is 1180. The number of nitrogens with one attached hydrogen (secondary N) is 1. The van der Waals surface area contributed by atoms with Gasteiger partial charge in [0.05, 0.1) is 5.60 Å². The van der Waals surface area contributed by atoms with Gasteiger partial charge in [-0.1, -0.05) is 12.5 Å². The third-order valence-electron chi connectivity index (χ3n) is 6.13. The number of fused-ring (bicyclic) bond motifs is 2. The Kier molecular flexibility index (Phi) is 8.85. The van der Waals surface area contributed by atoms with Gasteiger partial charge in [0.25, 0.3) is 0 Å². The molecule has 0 atom stereocenters. The number of halogens is 2. The second-order valence-corrected chi connectivity index (χ2v) is 9.86. The van der Waals surface area contributed by atoms with Gasteiger partial charge in [0.15, 0.2) is 0 Å². The molecule has 5 rings (SSSR count). The van der Waals surface area contributed by atoms with Gasteiger partial charge in [-0.05, 0) is 85.9 Å². The van der Waals surface area contributed by atoms with Gasteiger partial charge in [-0.2, -0.15) is 4.39 Å². The Hall–Kier alpha value is -1.45. The van der Waals surface area contributed by atoms with Crippen molar-refractivity contribution in [2.45, 2.75) is 65.0 Å². The molecule has 0 fully saturated rings. The van der Waals surface area contributed by atoms with Crippen molar-refractivity contribution in [1.82, 2.24) is 4.98 Å². The molecule has 3 heterocycles. The van der Waals surface area contributed by atoms with Crippen molar-refractivity contribution in [3.8, 4) is 11.1 Å². The predicted molar refractivity (Wildman–Crippen MR) is 127 cm³/mol. The predicted octanol–water partition coefficient (Wildman–Crippen LogP) is 6.76. The number of hydrogen-bond acceptors (Lipinski definition) is 5. The van der Waals surface area contributed by atoms with E-state index < -0.39 is 11.5 Å². The SMILES string of the molecule is CC(C)(O)c1sc(NO)c2c1CCCC2.CCc1c(F)cc(-c2ccnc(F)c2)c2c1C[N-]2.[Y]. The van der Waals surface area contributed by atoms with Crippen LogP contribution in [-0.2, 0) is 64.1 Å². The Labute approximate surface area is 227 Å². The summed E-state index contributed by atoms with van der Waals surface area (Å²) in [4.78, 5) is 4.49. The largest absolute Gasteiger partial charge is 0.680 e. The number of pyridine rings is 1. The number of thiophene rings is 1. The Balaban J connectivity index is 0.000000188. The number of aromatic nitrogens is 1. The summed E-state index contributed by atoms with van der Waals surface area (Å²) in [6.07, 6.45) is 6.40. The van der Waals surface area contributed by atoms with E-state index in [1.807, 2.05) is 6.92 Å². The molecule has 1 aliphatic carbocycles. The molecule has 0 saturated carbocycles. The van der Waals surface area contributed by atoms with Gasteiger partial charge in [0, 0.05) is 49.8 Å². The first-order valence-electron chi connectivity index (χ1n) is 11.2. The molecule has 0 amide bonds. The first-order valence-corrected chi connectivity index (χ1v) is 12.0. The number of rotatable bonds is 4. The van der Waals surface area contributed by atoms with Crippen molar-refractivity contribution in [2.75, 3.05) is 5.48 Å². The zero-order chi connectivity index (χ0) is 23.8. The average Bonchev–Trinajstić information content (AvgIpc) is 3.15. The Morgan fingerprint density at radius 2 is 1.85 bits per heavy atom. The van der Waals surface area contributed by atoms with Crippen LogP contribution in [0.1, 0.15) is 60.7 Å². The van der Waals surface area contributed by atoms with E-state index >= 15 is 0 Å². The summed E-state index contributed by atoms with van der Waals surface area (Å²) in [6.45, 7) is 6.07. The van der Waals surface area contributed by atoms with Gasteiger partial charge in [-0.15, -0.1) is 23.6 Å². The van der Waals surface area contributed by atoms with Gasteiger partial charge in [-0.3, -0.25) is 10.7 Å². The Morgan fingerprint density at radius 1 is 1.15 bits per heavy atom. The summed E-state index contributed by atoms with van der Waals surface area (Å²) in [5.74, 6) is -0.807. The van der Waals surface area contributed by atoms with Crippen molar-refractivity contribution in [2.24, 2.45) is 0 Å². The van der Waals surface area contributed by atoms with Crippen molar-refractivity contribution in [3.63, 3.8) is 0 Å². The van der Waals surface area contributed by atoms with Crippen molar-refractivity contribution in [3.05, 3.63) is 68.6 Å². The summed E-state index contributed by atoms with van der Waals surface area (Å²) in [7, 11) is 0. The fraction of sp³-hybridized carbons (Fsp3) is 0.400. The van der Waals surface area contributed by atoms with Crippen LogP contribution in [0.3, 0.4) is 0 Å². The molecule has 3 aromatic rings. The number of anilines is 1. The third kappa shape index (κ3) is 5.36. The van der Waals surface area contributed by atoms with E-state index in [1.165, 1.54) is 53.6 Å². The molecule has 34 heavy (non-hydrogen) atoms. The molecule has 1 aliphatic heterocycles. The number of aliphatic hydroxyl groups is 1. The fourth-order valence-corrected chi connectivity index (χ4v) is 5.73. The van der Waals surface area contributed by atoms with Gasteiger partial charge in [0.2, 0.25) is 5.95 Å². The van der Waals surface area contributed by atoms with Crippen molar-refractivity contribution >= 4 is 22.0 Å². The van der Waals surface area contributed by atoms with Crippen LogP contribution in [0.4, 0.5) is 19.5 Å². The van der Waals surface area contributed by atoms with Gasteiger partial charge in [-0.25, -0.2) is 9.37 Å². The van der Waals surface area contributed by atoms with Crippen LogP contribution in [0.2, 0.25) is 0 Å². The molecule has 179 valence electrons. The summed E-state index contributed by atoms with van der Waals surface area (Å²) in [5, 5.41) is 24.2. The third-order valence-corrected chi connectivity index (χ3v) is 7.62. The summed E-state index contributed by atoms with van der Waals surface area (Å²) in [5.41, 5.74) is 7.62. The van der Waals surface area contributed by atoms with Crippen molar-refractivity contribution < 1.29 is 51.8 Å². The average molecular weight is 561 g/mol. The normalized spacial score (nSPS) is 13.9. The molecule has 1 aromatic carbocycles. The zero-order valence-corrected chi connectivity index (χ0v) is 23.2. The standard InChI is InChI=1S/C14H11F2N2.C11H17NO2S.Y/c1-2-9-11-7-18-14(11)10(6-12(9)15)8-3-4-17-13(16)5-8;1-11(2,13)9-7-5-3-4-6-8(7)10(12-14)15-9;/h3-6H,2,7H2,1H3;12-14H,3-6H2,1-2H3;/q-1;;. The van der Waals surface area contributed by atoms with E-state index in [0.29, 0.717) is 24.1 Å². The van der Waals surface area contributed by atoms with E-state index in [0.717, 1.165) is 39.5 Å². The van der Waals surface area contributed by atoms with Crippen LogP contribution in [0.5, 0.6) is 0 Å². The molecule has 0 spiro atoms. The van der Waals surface area contributed by atoms with E-state index in [9.17, 15) is 13.9 Å². The molecule has 2 aliphatic rings. The molecule has 0 saturated heterocycles. The van der Waals surface area contributed by atoms with Gasteiger partial charge >= 0.3 is 0 Å². The minimum atomic E-state index is -0.804. The molecular formula is C25H28F2N3O2SY-. The monoisotopic (exact) mass is 561 g/mol. The van der Waals surface area contributed by atoms with E-state index in [2.05, 4.69) is 15.8 Å². The second-order valence-electron chi connectivity index (χ2n) is 8.84. The Morgan fingerprint density at radius 3 is 2.41 bits per heavy atom. The van der Waals surface area contributed by atoms with E-state index in [1.54, 1.807) is 19.9 Å². The van der Waals surface area contributed by atoms with Crippen molar-refractivity contribution in [1.29, 1.82) is 0 Å². The molecule has 3 N–H and O–H groups in total. The topological polar surface area (TPSA) is 79.5 Å². The maximum atomic E-state index is 14.0. The first kappa shape index (κ1) is 27.1. The quantitative estimate of drug-likeness (QED) is 0.243. The van der Waals surface area contributed by atoms with Crippen LogP contribution >= 0.6 is 11.3 Å². The zero-order valence-electron chi connectivity index (χ0n) is 19.6. The molecule has 0 bridgehead atoms. The van der Waals surface area contributed by atoms with Crippen LogP contribution in [-0.4, -0.2) is 15.3 Å². The van der Waals surface area contributed by atoms with E-state index in [4.69, 9.17) is 5.21 Å². The fourth-order valence-electron chi connectivity index (χ4n) is 4.54. The van der Waals surface area contributed by atoms with Crippen LogP contribution in [0.25, 0.3) is 16.4 Å². The van der Waals surface area contributed by atoms with E-state index in [-0.39, 0.29) is 38.5 Å². The number of benzene rings is 1. The minimum absolute atomic E-state index is 0. The van der Waals surface area contributed by atoms with Crippen LogP contribution in [0.15, 0.2) is 24.4 Å². The first-order chi connectivity index (χ1) is 15.7. The van der Waals surface area contributed by atoms with Gasteiger partial charge in [0.1, 0.15) is 10.8 Å². The number of hydrogen-bond donors (Lipinski definition) is 3. The van der Waals surface area contributed by atoms with Gasteiger partial charge < -0.3 is 10.4 Å². The summed E-state index contributed by atoms with van der Waals surface area (Å²) < 4.78 is 27.1. The van der Waals surface area contributed by atoms with Crippen LogP contribution < -0.4 is 5.48 Å². The summed E-state index contributed by atoms with van der Waals surface area (Å²) in [6, 6.07) is 4.40. The second kappa shape index (κ2) is 11.1. The number of nitrogens with zero attached hydrogens (tertiary/aromatic N) is 2. The molecule has 9 heteroatoms. The maximum absolute atomic E-state index is 14.0. The minimum Gasteiger partial charge on any atom is -0.680 e. The van der Waals surface area contributed by atoms with Crippen LogP contribution in [0, 0.1) is 11.8 Å². The molecule has 0 unspecified atom stereocenters. The molecule has 2 aromatic heterocycles. The maximum Gasteiger partial charge on any atom is 0.213 e. The smallest absolute Gasteiger partial charge is 0.213 e. The molecular weight excluding hydrogens is 533 g/mol. The molecule has 1 radical (unpaired) electrons. The molecule has 5 nitrogen and oxygen atoms in total. The summed E-state index contributed by atoms with van der Waals surface area (Å²) >= 11 is 1.47.